The molecule has 20 heavy (non-hydrogen) atoms. The van der Waals surface area contributed by atoms with Gasteiger partial charge in [0, 0.05) is 36.4 Å². The van der Waals surface area contributed by atoms with Crippen molar-refractivity contribution in [3.63, 3.8) is 0 Å². The number of hydrogen-bond donors (Lipinski definition) is 1. The topological polar surface area (TPSA) is 15.3 Å². The van der Waals surface area contributed by atoms with E-state index in [2.05, 4.69) is 70.1 Å². The largest absolute Gasteiger partial charge is 0.375 e. The third-order valence-corrected chi connectivity index (χ3v) is 3.68. The molecule has 0 fully saturated rings. The van der Waals surface area contributed by atoms with E-state index >= 15 is 0 Å². The zero-order valence-electron chi connectivity index (χ0n) is 13.8. The van der Waals surface area contributed by atoms with Crippen LogP contribution in [0.3, 0.4) is 0 Å². The van der Waals surface area contributed by atoms with Gasteiger partial charge in [-0.2, -0.15) is 0 Å². The highest BCUT2D eigenvalue weighted by Gasteiger charge is 2.11. The fourth-order valence-electron chi connectivity index (χ4n) is 1.86. The summed E-state index contributed by atoms with van der Waals surface area (Å²) in [6.45, 7) is 12.9. The molecule has 114 valence electrons. The summed E-state index contributed by atoms with van der Waals surface area (Å²) in [6.07, 6.45) is 1.20. The smallest absolute Gasteiger partial charge is 0.0471 e. The van der Waals surface area contributed by atoms with Gasteiger partial charge in [0.1, 0.15) is 0 Å². The molecule has 3 heteroatoms. The van der Waals surface area contributed by atoms with Crippen LogP contribution >= 0.6 is 11.6 Å². The molecule has 0 amide bonds. The Kier molecular flexibility index (Phi) is 6.35. The molecule has 1 aromatic rings. The lowest BCUT2D eigenvalue weighted by Gasteiger charge is -2.23. The van der Waals surface area contributed by atoms with Gasteiger partial charge in [-0.25, -0.2) is 0 Å². The van der Waals surface area contributed by atoms with Gasteiger partial charge < -0.3 is 10.2 Å². The van der Waals surface area contributed by atoms with Crippen LogP contribution in [0.5, 0.6) is 0 Å². The Morgan fingerprint density at radius 3 is 2.40 bits per heavy atom. The second-order valence-corrected chi connectivity index (χ2v) is 7.39. The number of halogens is 1. The van der Waals surface area contributed by atoms with Crippen LogP contribution in [0.1, 0.15) is 46.6 Å². The summed E-state index contributed by atoms with van der Waals surface area (Å²) in [7, 11) is 2.13. The van der Waals surface area contributed by atoms with E-state index in [1.165, 1.54) is 12.1 Å². The average Bonchev–Trinajstić information content (AvgIpc) is 2.33. The predicted octanol–water partition coefficient (Wildman–Crippen LogP) is 4.71. The van der Waals surface area contributed by atoms with E-state index in [-0.39, 0.29) is 5.54 Å². The first kappa shape index (κ1) is 17.3. The van der Waals surface area contributed by atoms with Gasteiger partial charge in [-0.15, -0.1) is 0 Å². The summed E-state index contributed by atoms with van der Waals surface area (Å²) in [5, 5.41) is 4.31. The Labute approximate surface area is 129 Å². The second kappa shape index (κ2) is 7.33. The first-order valence-electron chi connectivity index (χ1n) is 7.43. The summed E-state index contributed by atoms with van der Waals surface area (Å²) in [4.78, 5) is 2.27. The summed E-state index contributed by atoms with van der Waals surface area (Å²) in [5.41, 5.74) is 2.45. The highest BCUT2D eigenvalue weighted by Crippen LogP contribution is 2.24. The highest BCUT2D eigenvalue weighted by molar-refractivity contribution is 6.31. The molecule has 0 unspecified atom stereocenters. The molecule has 0 saturated heterocycles. The quantitative estimate of drug-likeness (QED) is 0.818. The fourth-order valence-corrected chi connectivity index (χ4v) is 2.10. The molecule has 0 saturated carbocycles. The summed E-state index contributed by atoms with van der Waals surface area (Å²) in [6, 6.07) is 6.36. The maximum atomic E-state index is 6.40. The molecular formula is C17H29ClN2. The molecule has 0 aliphatic heterocycles. The lowest BCUT2D eigenvalue weighted by atomic mass is 10.1. The van der Waals surface area contributed by atoms with Gasteiger partial charge in [0.25, 0.3) is 0 Å². The molecule has 0 aromatic heterocycles. The zero-order chi connectivity index (χ0) is 15.3. The monoisotopic (exact) mass is 296 g/mol. The van der Waals surface area contributed by atoms with Crippen molar-refractivity contribution >= 4 is 17.3 Å². The molecule has 0 atom stereocenters. The highest BCUT2D eigenvalue weighted by atomic mass is 35.5. The Balaban J connectivity index is 2.67. The van der Waals surface area contributed by atoms with Gasteiger partial charge in [0.05, 0.1) is 0 Å². The zero-order valence-corrected chi connectivity index (χ0v) is 14.5. The molecule has 0 aliphatic rings. The molecule has 0 spiro atoms. The van der Waals surface area contributed by atoms with Crippen LogP contribution in [0.15, 0.2) is 18.2 Å². The van der Waals surface area contributed by atoms with Crippen LogP contribution in [-0.2, 0) is 6.54 Å². The number of rotatable bonds is 6. The van der Waals surface area contributed by atoms with Crippen LogP contribution in [0, 0.1) is 5.92 Å². The average molecular weight is 297 g/mol. The SMILES string of the molecule is CC(C)CCN(C)c1ccc(CNC(C)(C)C)c(Cl)c1. The van der Waals surface area contributed by atoms with Crippen LogP contribution in [0.25, 0.3) is 0 Å². The predicted molar refractivity (Wildman–Crippen MR) is 90.8 cm³/mol. The summed E-state index contributed by atoms with van der Waals surface area (Å²) >= 11 is 6.40. The van der Waals surface area contributed by atoms with Crippen LogP contribution < -0.4 is 10.2 Å². The third-order valence-electron chi connectivity index (χ3n) is 3.33. The third kappa shape index (κ3) is 6.15. The fraction of sp³-hybridized carbons (Fsp3) is 0.647. The van der Waals surface area contributed by atoms with Crippen molar-refractivity contribution in [2.45, 2.75) is 53.1 Å². The number of benzene rings is 1. The molecule has 0 radical (unpaired) electrons. The van der Waals surface area contributed by atoms with Gasteiger partial charge in [-0.05, 0) is 50.8 Å². The van der Waals surface area contributed by atoms with Crippen molar-refractivity contribution < 1.29 is 0 Å². The normalized spacial score (nSPS) is 12.0. The number of anilines is 1. The standard InChI is InChI=1S/C17H29ClN2/c1-13(2)9-10-20(6)15-8-7-14(16(18)11-15)12-19-17(3,4)5/h7-8,11,13,19H,9-10,12H2,1-6H3. The molecule has 2 nitrogen and oxygen atoms in total. The van der Waals surface area contributed by atoms with Crippen LogP contribution in [0.2, 0.25) is 5.02 Å². The van der Waals surface area contributed by atoms with E-state index in [0.29, 0.717) is 0 Å². The Bertz CT molecular complexity index is 421. The van der Waals surface area contributed by atoms with Crippen molar-refractivity contribution in [3.05, 3.63) is 28.8 Å². The molecule has 1 aromatic carbocycles. The van der Waals surface area contributed by atoms with Gasteiger partial charge in [0.15, 0.2) is 0 Å². The molecule has 0 aliphatic carbocycles. The van der Waals surface area contributed by atoms with E-state index in [1.807, 2.05) is 0 Å². The van der Waals surface area contributed by atoms with E-state index in [1.54, 1.807) is 0 Å². The Morgan fingerprint density at radius 1 is 1.25 bits per heavy atom. The summed E-state index contributed by atoms with van der Waals surface area (Å²) in [5.74, 6) is 0.725. The van der Waals surface area contributed by atoms with Crippen molar-refractivity contribution in [1.29, 1.82) is 0 Å². The van der Waals surface area contributed by atoms with E-state index in [4.69, 9.17) is 11.6 Å². The van der Waals surface area contributed by atoms with Gasteiger partial charge in [-0.1, -0.05) is 31.5 Å². The summed E-state index contributed by atoms with van der Waals surface area (Å²) < 4.78 is 0. The first-order chi connectivity index (χ1) is 9.19. The van der Waals surface area contributed by atoms with Gasteiger partial charge >= 0.3 is 0 Å². The Morgan fingerprint density at radius 2 is 1.90 bits per heavy atom. The maximum absolute atomic E-state index is 6.40. The van der Waals surface area contributed by atoms with Gasteiger partial charge in [-0.3, -0.25) is 0 Å². The molecule has 0 heterocycles. The van der Waals surface area contributed by atoms with Crippen molar-refractivity contribution in [3.8, 4) is 0 Å². The number of nitrogens with one attached hydrogen (secondary N) is 1. The second-order valence-electron chi connectivity index (χ2n) is 6.98. The number of nitrogens with zero attached hydrogens (tertiary/aromatic N) is 1. The molecule has 1 rings (SSSR count). The molecule has 1 N–H and O–H groups in total. The van der Waals surface area contributed by atoms with Crippen molar-refractivity contribution in [1.82, 2.24) is 5.32 Å². The minimum Gasteiger partial charge on any atom is -0.375 e. The minimum absolute atomic E-state index is 0.107. The molecule has 0 bridgehead atoms. The van der Waals surface area contributed by atoms with Crippen molar-refractivity contribution in [2.75, 3.05) is 18.5 Å². The lowest BCUT2D eigenvalue weighted by Crippen LogP contribution is -2.35. The van der Waals surface area contributed by atoms with E-state index in [0.717, 1.165) is 29.6 Å². The first-order valence-corrected chi connectivity index (χ1v) is 7.81. The van der Waals surface area contributed by atoms with Crippen LogP contribution in [0.4, 0.5) is 5.69 Å². The van der Waals surface area contributed by atoms with E-state index in [9.17, 15) is 0 Å². The van der Waals surface area contributed by atoms with E-state index < -0.39 is 0 Å². The lowest BCUT2D eigenvalue weighted by molar-refractivity contribution is 0.424. The van der Waals surface area contributed by atoms with Crippen LogP contribution in [-0.4, -0.2) is 19.1 Å². The molecular weight excluding hydrogens is 268 g/mol. The van der Waals surface area contributed by atoms with Gasteiger partial charge in [0.2, 0.25) is 0 Å². The maximum Gasteiger partial charge on any atom is 0.0471 e. The van der Waals surface area contributed by atoms with Crippen molar-refractivity contribution in [2.24, 2.45) is 5.92 Å². The Hall–Kier alpha value is -0.730. The minimum atomic E-state index is 0.107. The number of hydrogen-bond acceptors (Lipinski definition) is 2.